The molecule has 3 amide bonds. The third kappa shape index (κ3) is 3.51. The number of carbonyl (C=O) groups is 3. The van der Waals surface area contributed by atoms with E-state index in [1.807, 2.05) is 13.8 Å². The summed E-state index contributed by atoms with van der Waals surface area (Å²) >= 11 is 0. The van der Waals surface area contributed by atoms with Gasteiger partial charge in [0, 0.05) is 6.04 Å². The van der Waals surface area contributed by atoms with Crippen LogP contribution in [0, 0.1) is 5.92 Å². The van der Waals surface area contributed by atoms with Crippen molar-refractivity contribution in [3.8, 4) is 0 Å². The van der Waals surface area contributed by atoms with Crippen molar-refractivity contribution in [3.63, 3.8) is 0 Å². The predicted octanol–water partition coefficient (Wildman–Crippen LogP) is 1.00. The van der Waals surface area contributed by atoms with Crippen LogP contribution in [-0.2, 0) is 14.6 Å². The maximum Gasteiger partial charge on any atom is 0.262 e. The molecule has 1 aromatic rings. The maximum atomic E-state index is 12.8. The number of nitrogens with zero attached hydrogens (tertiary/aromatic N) is 1. The molecule has 0 aliphatic carbocycles. The molecule has 2 heterocycles. The first kappa shape index (κ1) is 18.6. The zero-order chi connectivity index (χ0) is 19.1. The minimum absolute atomic E-state index is 0.0415. The fourth-order valence-corrected chi connectivity index (χ4v) is 5.15. The molecular formula is C18H22N2O5S. The van der Waals surface area contributed by atoms with Crippen molar-refractivity contribution < 1.29 is 22.8 Å². The first-order valence-electron chi connectivity index (χ1n) is 8.67. The fourth-order valence-electron chi connectivity index (χ4n) is 3.47. The molecule has 1 saturated heterocycles. The van der Waals surface area contributed by atoms with Gasteiger partial charge < -0.3 is 5.32 Å². The molecule has 0 unspecified atom stereocenters. The monoisotopic (exact) mass is 378 g/mol. The third-order valence-electron chi connectivity index (χ3n) is 4.71. The van der Waals surface area contributed by atoms with Crippen LogP contribution in [0.1, 0.15) is 47.4 Å². The molecule has 0 aromatic heterocycles. The SMILES string of the molecule is CC(C)C[C@@H](C(=O)N[C@@H]1CCS(=O)(=O)C1)N1C(=O)c2ccccc2C1=O. The average Bonchev–Trinajstić information content (AvgIpc) is 3.03. The Hall–Kier alpha value is -2.22. The van der Waals surface area contributed by atoms with Gasteiger partial charge in [-0.05, 0) is 30.9 Å². The standard InChI is InChI=1S/C18H22N2O5S/c1-11(2)9-15(16(21)19-12-7-8-26(24,25)10-12)20-17(22)13-5-3-4-6-14(13)18(20)23/h3-6,11-12,15H,7-10H2,1-2H3,(H,19,21)/t12-,15+/m1/s1. The van der Waals surface area contributed by atoms with E-state index in [1.165, 1.54) is 0 Å². The molecule has 2 aliphatic heterocycles. The Bertz CT molecular complexity index is 827. The number of carbonyl (C=O) groups excluding carboxylic acids is 3. The second-order valence-corrected chi connectivity index (χ2v) is 9.51. The molecule has 0 saturated carbocycles. The van der Waals surface area contributed by atoms with Gasteiger partial charge in [0.2, 0.25) is 5.91 Å². The molecule has 0 radical (unpaired) electrons. The lowest BCUT2D eigenvalue weighted by Gasteiger charge is -2.27. The molecule has 8 heteroatoms. The van der Waals surface area contributed by atoms with E-state index >= 15 is 0 Å². The normalized spacial score (nSPS) is 22.6. The van der Waals surface area contributed by atoms with Gasteiger partial charge in [-0.1, -0.05) is 26.0 Å². The lowest BCUT2D eigenvalue weighted by Crippen LogP contribution is -2.52. The Morgan fingerprint density at radius 3 is 2.23 bits per heavy atom. The van der Waals surface area contributed by atoms with Gasteiger partial charge in [-0.25, -0.2) is 8.42 Å². The van der Waals surface area contributed by atoms with Crippen LogP contribution in [-0.4, -0.2) is 54.6 Å². The molecular weight excluding hydrogens is 356 g/mol. The van der Waals surface area contributed by atoms with Crippen molar-refractivity contribution >= 4 is 27.6 Å². The molecule has 1 N–H and O–H groups in total. The van der Waals surface area contributed by atoms with Crippen molar-refractivity contribution in [1.82, 2.24) is 10.2 Å². The van der Waals surface area contributed by atoms with Gasteiger partial charge in [0.05, 0.1) is 22.6 Å². The second kappa shape index (κ2) is 6.83. The summed E-state index contributed by atoms with van der Waals surface area (Å²) < 4.78 is 23.2. The predicted molar refractivity (Wildman–Crippen MR) is 95.4 cm³/mol. The minimum atomic E-state index is -3.14. The molecule has 26 heavy (non-hydrogen) atoms. The minimum Gasteiger partial charge on any atom is -0.351 e. The number of imide groups is 1. The lowest BCUT2D eigenvalue weighted by molar-refractivity contribution is -0.126. The van der Waals surface area contributed by atoms with Crippen LogP contribution < -0.4 is 5.32 Å². The highest BCUT2D eigenvalue weighted by atomic mass is 32.2. The first-order valence-corrected chi connectivity index (χ1v) is 10.5. The molecule has 0 spiro atoms. The van der Waals surface area contributed by atoms with Crippen molar-refractivity contribution in [1.29, 1.82) is 0 Å². The van der Waals surface area contributed by atoms with E-state index in [0.717, 1.165) is 4.90 Å². The molecule has 1 aromatic carbocycles. The van der Waals surface area contributed by atoms with Crippen LogP contribution in [0.5, 0.6) is 0 Å². The number of rotatable bonds is 5. The zero-order valence-electron chi connectivity index (χ0n) is 14.8. The Morgan fingerprint density at radius 2 is 1.77 bits per heavy atom. The van der Waals surface area contributed by atoms with Gasteiger partial charge >= 0.3 is 0 Å². The van der Waals surface area contributed by atoms with E-state index in [1.54, 1.807) is 24.3 Å². The summed E-state index contributed by atoms with van der Waals surface area (Å²) in [5.41, 5.74) is 0.588. The summed E-state index contributed by atoms with van der Waals surface area (Å²) in [4.78, 5) is 39.2. The molecule has 3 rings (SSSR count). The van der Waals surface area contributed by atoms with E-state index < -0.39 is 39.6 Å². The molecule has 140 valence electrons. The van der Waals surface area contributed by atoms with Gasteiger partial charge in [0.25, 0.3) is 11.8 Å². The van der Waals surface area contributed by atoms with Crippen LogP contribution in [0.4, 0.5) is 0 Å². The van der Waals surface area contributed by atoms with Crippen molar-refractivity contribution in [3.05, 3.63) is 35.4 Å². The van der Waals surface area contributed by atoms with Gasteiger partial charge in [-0.2, -0.15) is 0 Å². The van der Waals surface area contributed by atoms with E-state index in [-0.39, 0.29) is 17.4 Å². The third-order valence-corrected chi connectivity index (χ3v) is 6.48. The highest BCUT2D eigenvalue weighted by molar-refractivity contribution is 7.91. The number of benzene rings is 1. The van der Waals surface area contributed by atoms with Crippen molar-refractivity contribution in [2.75, 3.05) is 11.5 Å². The average molecular weight is 378 g/mol. The summed E-state index contributed by atoms with van der Waals surface area (Å²) in [6, 6.07) is 5.07. The van der Waals surface area contributed by atoms with E-state index in [4.69, 9.17) is 0 Å². The molecule has 0 bridgehead atoms. The van der Waals surface area contributed by atoms with Gasteiger partial charge in [0.1, 0.15) is 6.04 Å². The first-order chi connectivity index (χ1) is 12.2. The summed E-state index contributed by atoms with van der Waals surface area (Å²) in [6.07, 6.45) is 0.668. The number of nitrogens with one attached hydrogen (secondary N) is 1. The number of amides is 3. The quantitative estimate of drug-likeness (QED) is 0.771. The Morgan fingerprint density at radius 1 is 1.19 bits per heavy atom. The van der Waals surface area contributed by atoms with E-state index in [9.17, 15) is 22.8 Å². The van der Waals surface area contributed by atoms with Gasteiger partial charge in [-0.15, -0.1) is 0 Å². The zero-order valence-corrected chi connectivity index (χ0v) is 15.6. The highest BCUT2D eigenvalue weighted by Crippen LogP contribution is 2.27. The fraction of sp³-hybridized carbons (Fsp3) is 0.500. The van der Waals surface area contributed by atoms with E-state index in [2.05, 4.69) is 5.32 Å². The largest absolute Gasteiger partial charge is 0.351 e. The number of sulfone groups is 1. The molecule has 7 nitrogen and oxygen atoms in total. The van der Waals surface area contributed by atoms with Crippen LogP contribution in [0.3, 0.4) is 0 Å². The number of fused-ring (bicyclic) bond motifs is 1. The summed E-state index contributed by atoms with van der Waals surface area (Å²) in [7, 11) is -3.14. The topological polar surface area (TPSA) is 101 Å². The van der Waals surface area contributed by atoms with Crippen molar-refractivity contribution in [2.24, 2.45) is 5.92 Å². The van der Waals surface area contributed by atoms with E-state index in [0.29, 0.717) is 24.0 Å². The molecule has 2 aliphatic rings. The summed E-state index contributed by atoms with van der Waals surface area (Å²) in [6.45, 7) is 3.80. The Balaban J connectivity index is 1.84. The Labute approximate surface area is 152 Å². The van der Waals surface area contributed by atoms with Crippen LogP contribution in [0.2, 0.25) is 0 Å². The number of hydrogen-bond donors (Lipinski definition) is 1. The smallest absolute Gasteiger partial charge is 0.262 e. The Kier molecular flexibility index (Phi) is 4.88. The second-order valence-electron chi connectivity index (χ2n) is 7.28. The van der Waals surface area contributed by atoms with Gasteiger partial charge in [0.15, 0.2) is 9.84 Å². The molecule has 2 atom stereocenters. The summed E-state index contributed by atoms with van der Waals surface area (Å²) in [5.74, 6) is -1.43. The summed E-state index contributed by atoms with van der Waals surface area (Å²) in [5, 5.41) is 2.72. The lowest BCUT2D eigenvalue weighted by atomic mass is 10.0. The van der Waals surface area contributed by atoms with Crippen LogP contribution >= 0.6 is 0 Å². The van der Waals surface area contributed by atoms with Crippen LogP contribution in [0.25, 0.3) is 0 Å². The molecule has 1 fully saturated rings. The maximum absolute atomic E-state index is 12.8. The van der Waals surface area contributed by atoms with Crippen LogP contribution in [0.15, 0.2) is 24.3 Å². The highest BCUT2D eigenvalue weighted by Gasteiger charge is 2.43. The van der Waals surface area contributed by atoms with Gasteiger partial charge in [-0.3, -0.25) is 19.3 Å². The number of hydrogen-bond acceptors (Lipinski definition) is 5. The van der Waals surface area contributed by atoms with Crippen molar-refractivity contribution in [2.45, 2.75) is 38.8 Å².